The maximum atomic E-state index is 12.1. The highest BCUT2D eigenvalue weighted by Gasteiger charge is 2.13. The lowest BCUT2D eigenvalue weighted by Crippen LogP contribution is -2.34. The molecule has 0 atom stereocenters. The van der Waals surface area contributed by atoms with Crippen LogP contribution in [0.25, 0.3) is 0 Å². The van der Waals surface area contributed by atoms with Crippen LogP contribution in [0.15, 0.2) is 41.2 Å². The molecule has 1 N–H and O–H groups in total. The van der Waals surface area contributed by atoms with E-state index < -0.39 is 0 Å². The molecule has 0 saturated heterocycles. The second kappa shape index (κ2) is 6.39. The van der Waals surface area contributed by atoms with Crippen LogP contribution in [0.2, 0.25) is 0 Å². The average Bonchev–Trinajstić information content (AvgIpc) is 2.49. The number of aryl methyl sites for hydroxylation is 1. The van der Waals surface area contributed by atoms with E-state index in [4.69, 9.17) is 0 Å². The van der Waals surface area contributed by atoms with Gasteiger partial charge >= 0.3 is 0 Å². The number of hydrogen-bond donors (Lipinski definition) is 1. The number of carbonyl (C=O) groups excluding carboxylic acids is 1. The molecule has 0 saturated carbocycles. The number of carbonyl (C=O) groups is 1. The summed E-state index contributed by atoms with van der Waals surface area (Å²) in [6.45, 7) is 4.28. The van der Waals surface area contributed by atoms with Gasteiger partial charge in [0, 0.05) is 19.3 Å². The minimum absolute atomic E-state index is 0.202. The van der Waals surface area contributed by atoms with E-state index in [0.717, 1.165) is 23.2 Å². The molecule has 0 bridgehead atoms. The summed E-state index contributed by atoms with van der Waals surface area (Å²) in [5, 5.41) is 2.81. The van der Waals surface area contributed by atoms with Crippen molar-refractivity contribution < 1.29 is 4.79 Å². The fourth-order valence-corrected chi connectivity index (χ4v) is 2.20. The molecule has 2 aromatic rings. The van der Waals surface area contributed by atoms with Crippen molar-refractivity contribution in [3.63, 3.8) is 0 Å². The fourth-order valence-electron chi connectivity index (χ4n) is 2.20. The predicted octanol–water partition coefficient (Wildman–Crippen LogP) is 1.97. The Bertz CT molecular complexity index is 703. The van der Waals surface area contributed by atoms with Gasteiger partial charge in [-0.15, -0.1) is 0 Å². The van der Waals surface area contributed by atoms with Gasteiger partial charge < -0.3 is 9.88 Å². The molecule has 0 unspecified atom stereocenters. The first kappa shape index (κ1) is 15.0. The Morgan fingerprint density at radius 3 is 2.52 bits per heavy atom. The molecule has 0 aliphatic rings. The van der Waals surface area contributed by atoms with Crippen molar-refractivity contribution in [2.24, 2.45) is 7.05 Å². The van der Waals surface area contributed by atoms with Gasteiger partial charge in [-0.25, -0.2) is 0 Å². The van der Waals surface area contributed by atoms with Crippen LogP contribution < -0.4 is 10.9 Å². The average molecular weight is 284 g/mol. The van der Waals surface area contributed by atoms with Crippen LogP contribution in [0.5, 0.6) is 0 Å². The minimum Gasteiger partial charge on any atom is -0.352 e. The van der Waals surface area contributed by atoms with Gasteiger partial charge in [0.1, 0.15) is 5.56 Å². The normalized spacial score (nSPS) is 10.4. The van der Waals surface area contributed by atoms with Crippen molar-refractivity contribution in [3.8, 4) is 0 Å². The number of amides is 1. The largest absolute Gasteiger partial charge is 0.352 e. The van der Waals surface area contributed by atoms with Crippen molar-refractivity contribution in [2.75, 3.05) is 6.54 Å². The van der Waals surface area contributed by atoms with E-state index in [9.17, 15) is 9.59 Å². The minimum atomic E-state index is -0.311. The van der Waals surface area contributed by atoms with Crippen LogP contribution in [-0.2, 0) is 13.5 Å². The second-order valence-corrected chi connectivity index (χ2v) is 5.18. The second-order valence-electron chi connectivity index (χ2n) is 5.18. The first-order chi connectivity index (χ1) is 10.0. The van der Waals surface area contributed by atoms with Crippen molar-refractivity contribution in [1.29, 1.82) is 0 Å². The van der Waals surface area contributed by atoms with Crippen LogP contribution in [0.4, 0.5) is 0 Å². The predicted molar refractivity (Wildman–Crippen MR) is 83.6 cm³/mol. The Morgan fingerprint density at radius 2 is 1.86 bits per heavy atom. The number of pyridine rings is 1. The molecule has 1 aromatic heterocycles. The van der Waals surface area contributed by atoms with E-state index >= 15 is 0 Å². The highest BCUT2D eigenvalue weighted by atomic mass is 16.2. The highest BCUT2D eigenvalue weighted by molar-refractivity contribution is 5.94. The lowest BCUT2D eigenvalue weighted by atomic mass is 10.1. The van der Waals surface area contributed by atoms with Crippen LogP contribution >= 0.6 is 0 Å². The van der Waals surface area contributed by atoms with E-state index in [1.54, 1.807) is 13.1 Å². The van der Waals surface area contributed by atoms with Crippen molar-refractivity contribution in [3.05, 3.63) is 69.1 Å². The Morgan fingerprint density at radius 1 is 1.19 bits per heavy atom. The molecule has 2 rings (SSSR count). The molecular formula is C17H20N2O2. The maximum absolute atomic E-state index is 12.1. The molecule has 0 aliphatic carbocycles. The van der Waals surface area contributed by atoms with E-state index in [0.29, 0.717) is 6.54 Å². The maximum Gasteiger partial charge on any atom is 0.263 e. The van der Waals surface area contributed by atoms with E-state index in [1.165, 1.54) is 4.57 Å². The summed E-state index contributed by atoms with van der Waals surface area (Å²) >= 11 is 0. The van der Waals surface area contributed by atoms with Gasteiger partial charge in [0.2, 0.25) is 0 Å². The smallest absolute Gasteiger partial charge is 0.263 e. The first-order valence-electron chi connectivity index (χ1n) is 7.00. The van der Waals surface area contributed by atoms with Gasteiger partial charge in [0.15, 0.2) is 0 Å². The number of nitrogens with zero attached hydrogens (tertiary/aromatic N) is 1. The molecular weight excluding hydrogens is 264 g/mol. The van der Waals surface area contributed by atoms with E-state index in [-0.39, 0.29) is 17.0 Å². The summed E-state index contributed by atoms with van der Waals surface area (Å²) in [6, 6.07) is 11.6. The molecule has 0 radical (unpaired) electrons. The number of hydrogen-bond acceptors (Lipinski definition) is 2. The van der Waals surface area contributed by atoms with Gasteiger partial charge in [-0.05, 0) is 37.5 Å². The molecule has 0 spiro atoms. The zero-order valence-electron chi connectivity index (χ0n) is 12.6. The first-order valence-corrected chi connectivity index (χ1v) is 7.00. The standard InChI is InChI=1S/C17H20N2O2/c1-12-11-15(17(21)19(3)13(12)2)16(20)18-10-9-14-7-5-4-6-8-14/h4-8,11H,9-10H2,1-3H3,(H,18,20). The number of rotatable bonds is 4. The van der Waals surface area contributed by atoms with Crippen LogP contribution in [-0.4, -0.2) is 17.0 Å². The zero-order valence-corrected chi connectivity index (χ0v) is 12.6. The molecule has 0 fully saturated rings. The van der Waals surface area contributed by atoms with E-state index in [2.05, 4.69) is 5.32 Å². The van der Waals surface area contributed by atoms with Gasteiger partial charge in [-0.2, -0.15) is 0 Å². The number of nitrogens with one attached hydrogen (secondary N) is 1. The highest BCUT2D eigenvalue weighted by Crippen LogP contribution is 2.05. The van der Waals surface area contributed by atoms with E-state index in [1.807, 2.05) is 44.2 Å². The molecule has 1 aromatic carbocycles. The number of aromatic nitrogens is 1. The van der Waals surface area contributed by atoms with Crippen molar-refractivity contribution in [2.45, 2.75) is 20.3 Å². The summed E-state index contributed by atoms with van der Waals surface area (Å²) in [4.78, 5) is 24.3. The third-order valence-corrected chi connectivity index (χ3v) is 3.76. The Labute approximate surface area is 124 Å². The van der Waals surface area contributed by atoms with Crippen molar-refractivity contribution in [1.82, 2.24) is 9.88 Å². The zero-order chi connectivity index (χ0) is 15.4. The molecule has 1 heterocycles. The molecule has 0 aliphatic heterocycles. The summed E-state index contributed by atoms with van der Waals surface area (Å²) < 4.78 is 1.52. The summed E-state index contributed by atoms with van der Waals surface area (Å²) in [5.74, 6) is -0.311. The Kier molecular flexibility index (Phi) is 4.58. The van der Waals surface area contributed by atoms with Crippen molar-refractivity contribution >= 4 is 5.91 Å². The summed E-state index contributed by atoms with van der Waals surface area (Å²) in [5.41, 5.74) is 2.92. The Hall–Kier alpha value is -2.36. The Balaban J connectivity index is 2.06. The van der Waals surface area contributed by atoms with Crippen LogP contribution in [0.1, 0.15) is 27.2 Å². The van der Waals surface area contributed by atoms with Gasteiger partial charge in [0.05, 0.1) is 0 Å². The molecule has 21 heavy (non-hydrogen) atoms. The molecule has 1 amide bonds. The lowest BCUT2D eigenvalue weighted by Gasteiger charge is -2.10. The topological polar surface area (TPSA) is 51.1 Å². The number of benzene rings is 1. The van der Waals surface area contributed by atoms with Crippen LogP contribution in [0.3, 0.4) is 0 Å². The van der Waals surface area contributed by atoms with Gasteiger partial charge in [-0.3, -0.25) is 9.59 Å². The molecule has 4 heteroatoms. The third-order valence-electron chi connectivity index (χ3n) is 3.76. The fraction of sp³-hybridized carbons (Fsp3) is 0.294. The van der Waals surface area contributed by atoms with Crippen LogP contribution in [0, 0.1) is 13.8 Å². The summed E-state index contributed by atoms with van der Waals surface area (Å²) in [6.07, 6.45) is 0.748. The SMILES string of the molecule is Cc1cc(C(=O)NCCc2ccccc2)c(=O)n(C)c1C. The quantitative estimate of drug-likeness (QED) is 0.933. The van der Waals surface area contributed by atoms with Gasteiger partial charge in [-0.1, -0.05) is 30.3 Å². The molecule has 4 nitrogen and oxygen atoms in total. The summed E-state index contributed by atoms with van der Waals surface area (Å²) in [7, 11) is 1.69. The monoisotopic (exact) mass is 284 g/mol. The third kappa shape index (κ3) is 3.40. The van der Waals surface area contributed by atoms with Gasteiger partial charge in [0.25, 0.3) is 11.5 Å². The lowest BCUT2D eigenvalue weighted by molar-refractivity contribution is 0.0952. The molecule has 110 valence electrons.